The molecule has 3 heteroatoms. The molecular weight excluding hydrogens is 266 g/mol. The van der Waals surface area contributed by atoms with Crippen LogP contribution in [0.15, 0.2) is 53.4 Å². The smallest absolute Gasteiger partial charge is 0.115 e. The van der Waals surface area contributed by atoms with Gasteiger partial charge < -0.3 is 10.4 Å². The van der Waals surface area contributed by atoms with E-state index >= 15 is 0 Å². The fourth-order valence-electron chi connectivity index (χ4n) is 2.07. The number of benzene rings is 2. The van der Waals surface area contributed by atoms with Crippen molar-refractivity contribution in [1.29, 1.82) is 0 Å². The minimum absolute atomic E-state index is 0.323. The monoisotopic (exact) mass is 287 g/mol. The van der Waals surface area contributed by atoms with Gasteiger partial charge in [-0.1, -0.05) is 30.3 Å². The number of rotatable bonds is 6. The van der Waals surface area contributed by atoms with Gasteiger partial charge in [-0.2, -0.15) is 0 Å². The van der Waals surface area contributed by atoms with Gasteiger partial charge in [0.25, 0.3) is 0 Å². The quantitative estimate of drug-likeness (QED) is 0.796. The van der Waals surface area contributed by atoms with Gasteiger partial charge in [0.05, 0.1) is 0 Å². The molecule has 0 heterocycles. The van der Waals surface area contributed by atoms with Gasteiger partial charge in [0.15, 0.2) is 0 Å². The maximum Gasteiger partial charge on any atom is 0.115 e. The van der Waals surface area contributed by atoms with Crippen LogP contribution >= 0.6 is 11.8 Å². The van der Waals surface area contributed by atoms with E-state index in [9.17, 15) is 5.11 Å². The summed E-state index contributed by atoms with van der Waals surface area (Å²) < 4.78 is 0. The van der Waals surface area contributed by atoms with Gasteiger partial charge in [0.2, 0.25) is 0 Å². The first kappa shape index (κ1) is 14.9. The summed E-state index contributed by atoms with van der Waals surface area (Å²) in [6, 6.07) is 16.4. The predicted octanol–water partition coefficient (Wildman–Crippen LogP) is 3.62. The summed E-state index contributed by atoms with van der Waals surface area (Å²) >= 11 is 1.89. The molecule has 2 aromatic rings. The van der Waals surface area contributed by atoms with Gasteiger partial charge in [0.1, 0.15) is 5.75 Å². The van der Waals surface area contributed by atoms with E-state index in [1.807, 2.05) is 30.9 Å². The average Bonchev–Trinajstić information content (AvgIpc) is 2.47. The summed E-state index contributed by atoms with van der Waals surface area (Å²) in [4.78, 5) is 1.35. The fourth-order valence-corrected chi connectivity index (χ4v) is 3.21. The van der Waals surface area contributed by atoms with Gasteiger partial charge in [-0.25, -0.2) is 0 Å². The van der Waals surface area contributed by atoms with E-state index in [4.69, 9.17) is 0 Å². The van der Waals surface area contributed by atoms with E-state index in [-0.39, 0.29) is 0 Å². The van der Waals surface area contributed by atoms with E-state index in [1.165, 1.54) is 16.0 Å². The SMILES string of the molecule is CNC(CSc1ccccc1C)Cc1ccc(O)cc1. The minimum Gasteiger partial charge on any atom is -0.508 e. The van der Waals surface area contributed by atoms with E-state index in [0.717, 1.165) is 12.2 Å². The molecule has 2 nitrogen and oxygen atoms in total. The van der Waals surface area contributed by atoms with Gasteiger partial charge in [-0.15, -0.1) is 11.8 Å². The Morgan fingerprint density at radius 3 is 2.45 bits per heavy atom. The Morgan fingerprint density at radius 2 is 1.80 bits per heavy atom. The molecule has 0 saturated heterocycles. The highest BCUT2D eigenvalue weighted by Gasteiger charge is 2.09. The molecule has 106 valence electrons. The number of hydrogen-bond donors (Lipinski definition) is 2. The van der Waals surface area contributed by atoms with Crippen LogP contribution in [0.2, 0.25) is 0 Å². The maximum atomic E-state index is 9.31. The van der Waals surface area contributed by atoms with Crippen LogP contribution in [0.3, 0.4) is 0 Å². The van der Waals surface area contributed by atoms with Gasteiger partial charge in [-0.3, -0.25) is 0 Å². The second kappa shape index (κ2) is 7.36. The molecule has 0 aliphatic carbocycles. The van der Waals surface area contributed by atoms with Crippen LogP contribution in [-0.2, 0) is 6.42 Å². The maximum absolute atomic E-state index is 9.31. The van der Waals surface area contributed by atoms with Crippen molar-refractivity contribution in [3.8, 4) is 5.75 Å². The summed E-state index contributed by atoms with van der Waals surface area (Å²) in [6.45, 7) is 2.15. The lowest BCUT2D eigenvalue weighted by Crippen LogP contribution is -2.30. The molecule has 0 saturated carbocycles. The van der Waals surface area contributed by atoms with Crippen LogP contribution < -0.4 is 5.32 Å². The number of phenolic OH excluding ortho intramolecular Hbond substituents is 1. The van der Waals surface area contributed by atoms with Crippen LogP contribution in [0.1, 0.15) is 11.1 Å². The van der Waals surface area contributed by atoms with E-state index in [0.29, 0.717) is 11.8 Å². The van der Waals surface area contributed by atoms with E-state index < -0.39 is 0 Å². The highest BCUT2D eigenvalue weighted by atomic mass is 32.2. The van der Waals surface area contributed by atoms with Crippen molar-refractivity contribution in [2.24, 2.45) is 0 Å². The van der Waals surface area contributed by atoms with Crippen molar-refractivity contribution in [2.45, 2.75) is 24.3 Å². The molecule has 1 atom stereocenters. The van der Waals surface area contributed by atoms with E-state index in [1.54, 1.807) is 12.1 Å². The van der Waals surface area contributed by atoms with Crippen molar-refractivity contribution in [1.82, 2.24) is 5.32 Å². The Morgan fingerprint density at radius 1 is 1.10 bits per heavy atom. The number of hydrogen-bond acceptors (Lipinski definition) is 3. The van der Waals surface area contributed by atoms with Crippen molar-refractivity contribution in [3.63, 3.8) is 0 Å². The molecule has 2 rings (SSSR count). The molecule has 0 aromatic heterocycles. The summed E-state index contributed by atoms with van der Waals surface area (Å²) in [5.41, 5.74) is 2.57. The van der Waals surface area contributed by atoms with Crippen molar-refractivity contribution in [3.05, 3.63) is 59.7 Å². The molecule has 0 bridgehead atoms. The molecule has 0 fully saturated rings. The third-order valence-electron chi connectivity index (χ3n) is 3.36. The van der Waals surface area contributed by atoms with Gasteiger partial charge in [0, 0.05) is 16.7 Å². The summed E-state index contributed by atoms with van der Waals surface area (Å²) in [6.07, 6.45) is 0.968. The molecule has 2 N–H and O–H groups in total. The van der Waals surface area contributed by atoms with Crippen LogP contribution in [0, 0.1) is 6.92 Å². The van der Waals surface area contributed by atoms with Gasteiger partial charge in [-0.05, 0) is 49.7 Å². The molecule has 1 unspecified atom stereocenters. The Balaban J connectivity index is 1.92. The number of likely N-dealkylation sites (N-methyl/N-ethyl adjacent to an activating group) is 1. The third kappa shape index (κ3) is 4.29. The molecule has 0 aliphatic heterocycles. The Labute approximate surface area is 125 Å². The standard InChI is InChI=1S/C17H21NOS/c1-13-5-3-4-6-17(13)20-12-15(18-2)11-14-7-9-16(19)10-8-14/h3-10,15,18-19H,11-12H2,1-2H3. The molecule has 0 amide bonds. The molecule has 0 spiro atoms. The molecular formula is C17H21NOS. The second-order valence-corrected chi connectivity index (χ2v) is 5.99. The second-order valence-electron chi connectivity index (χ2n) is 4.93. The van der Waals surface area contributed by atoms with Crippen LogP contribution in [-0.4, -0.2) is 23.9 Å². The summed E-state index contributed by atoms with van der Waals surface area (Å²) in [5, 5.41) is 12.7. The molecule has 0 aliphatic rings. The summed E-state index contributed by atoms with van der Waals surface area (Å²) in [5.74, 6) is 1.35. The molecule has 2 aromatic carbocycles. The lowest BCUT2D eigenvalue weighted by molar-refractivity contribution is 0.475. The highest BCUT2D eigenvalue weighted by molar-refractivity contribution is 7.99. The van der Waals surface area contributed by atoms with Gasteiger partial charge >= 0.3 is 0 Å². The lowest BCUT2D eigenvalue weighted by atomic mass is 10.1. The largest absolute Gasteiger partial charge is 0.508 e. The molecule has 20 heavy (non-hydrogen) atoms. The Bertz CT molecular complexity index is 539. The Hall–Kier alpha value is -1.45. The zero-order valence-electron chi connectivity index (χ0n) is 12.0. The van der Waals surface area contributed by atoms with Crippen molar-refractivity contribution in [2.75, 3.05) is 12.8 Å². The normalized spacial score (nSPS) is 12.3. The highest BCUT2D eigenvalue weighted by Crippen LogP contribution is 2.23. The fraction of sp³-hybridized carbons (Fsp3) is 0.294. The van der Waals surface area contributed by atoms with E-state index in [2.05, 4.69) is 36.5 Å². The average molecular weight is 287 g/mol. The van der Waals surface area contributed by atoms with Crippen molar-refractivity contribution >= 4 is 11.8 Å². The first-order valence-electron chi connectivity index (χ1n) is 6.82. The number of aryl methyl sites for hydroxylation is 1. The first-order chi connectivity index (χ1) is 9.69. The van der Waals surface area contributed by atoms with Crippen LogP contribution in [0.25, 0.3) is 0 Å². The lowest BCUT2D eigenvalue weighted by Gasteiger charge is -2.16. The topological polar surface area (TPSA) is 32.3 Å². The van der Waals surface area contributed by atoms with Crippen LogP contribution in [0.4, 0.5) is 0 Å². The number of aromatic hydroxyl groups is 1. The van der Waals surface area contributed by atoms with Crippen LogP contribution in [0.5, 0.6) is 5.75 Å². The number of phenols is 1. The van der Waals surface area contributed by atoms with Crippen molar-refractivity contribution < 1.29 is 5.11 Å². The Kier molecular flexibility index (Phi) is 5.50. The third-order valence-corrected chi connectivity index (χ3v) is 4.70. The predicted molar refractivity (Wildman–Crippen MR) is 86.6 cm³/mol. The number of thioether (sulfide) groups is 1. The zero-order chi connectivity index (χ0) is 14.4. The first-order valence-corrected chi connectivity index (χ1v) is 7.81. The molecule has 0 radical (unpaired) electrons. The zero-order valence-corrected chi connectivity index (χ0v) is 12.8. The minimum atomic E-state index is 0.323. The summed E-state index contributed by atoms with van der Waals surface area (Å²) in [7, 11) is 2.00. The number of nitrogens with one attached hydrogen (secondary N) is 1.